The Balaban J connectivity index is 2.94. The van der Waals surface area contributed by atoms with Crippen LogP contribution in [0.25, 0.3) is 0 Å². The van der Waals surface area contributed by atoms with Crippen LogP contribution >= 0.6 is 22.6 Å². The lowest BCUT2D eigenvalue weighted by Crippen LogP contribution is -1.60. The molecule has 0 N–H and O–H groups in total. The highest BCUT2D eigenvalue weighted by atomic mass is 127. The van der Waals surface area contributed by atoms with Crippen molar-refractivity contribution in [2.75, 3.05) is 0 Å². The molecule has 5 heavy (non-hydrogen) atoms. The van der Waals surface area contributed by atoms with Gasteiger partial charge in [0.2, 0.25) is 0 Å². The van der Waals surface area contributed by atoms with Crippen molar-refractivity contribution in [2.24, 2.45) is 0 Å². The van der Waals surface area contributed by atoms with Gasteiger partial charge in [0.1, 0.15) is 3.92 Å². The van der Waals surface area contributed by atoms with Crippen LogP contribution < -0.4 is 0 Å². The third-order valence-electron chi connectivity index (χ3n) is 0.154. The maximum Gasteiger partial charge on any atom is 0.133 e. The van der Waals surface area contributed by atoms with Gasteiger partial charge < -0.3 is 0 Å². The summed E-state index contributed by atoms with van der Waals surface area (Å²) >= 11 is 1.96. The maximum absolute atomic E-state index is 7.85. The molecule has 1 radical (unpaired) electrons. The van der Waals surface area contributed by atoms with Gasteiger partial charge in [-0.15, -0.1) is 0 Å². The Hall–Kier alpha value is 0.220. The molecule has 0 heterocycles. The van der Waals surface area contributed by atoms with E-state index in [2.05, 4.69) is 0 Å². The normalized spacial score (nSPS) is 7.60. The molecule has 0 fully saturated rings. The maximum atomic E-state index is 7.85. The van der Waals surface area contributed by atoms with Gasteiger partial charge in [0.05, 0.1) is 6.07 Å². The molecule has 0 rings (SSSR count). The highest BCUT2D eigenvalue weighted by Gasteiger charge is 1.83. The molecule has 1 nitrogen and oxygen atoms in total. The molecule has 2 heteroatoms. The average Bonchev–Trinajstić information content (AvgIpc) is 1.38. The third kappa shape index (κ3) is 4.22. The summed E-state index contributed by atoms with van der Waals surface area (Å²) in [5.74, 6) is 0. The van der Waals surface area contributed by atoms with E-state index in [0.717, 1.165) is 3.92 Å². The molecule has 0 bridgehead atoms. The van der Waals surface area contributed by atoms with Crippen molar-refractivity contribution in [3.8, 4) is 6.07 Å². The van der Waals surface area contributed by atoms with Crippen LogP contribution in [0.4, 0.5) is 0 Å². The molecule has 0 amide bonds. The van der Waals surface area contributed by atoms with Crippen molar-refractivity contribution in [3.63, 3.8) is 0 Å². The Kier molecular flexibility index (Phi) is 2.57. The summed E-state index contributed by atoms with van der Waals surface area (Å²) in [5.41, 5.74) is 0. The molecule has 0 aliphatic rings. The monoisotopic (exact) mass is 180 g/mol. The topological polar surface area (TPSA) is 23.8 Å². The lowest BCUT2D eigenvalue weighted by atomic mass is 10.6. The number of nitriles is 1. The van der Waals surface area contributed by atoms with E-state index in [1.165, 1.54) is 0 Å². The molecule has 0 saturated carbocycles. The summed E-state index contributed by atoms with van der Waals surface area (Å²) in [6.07, 6.45) is 0. The minimum Gasteiger partial charge on any atom is -0.197 e. The lowest BCUT2D eigenvalue weighted by molar-refractivity contribution is 1.44. The molecular weight excluding hydrogens is 177 g/mol. The zero-order valence-electron chi connectivity index (χ0n) is 2.83. The molecule has 0 aliphatic carbocycles. The number of rotatable bonds is 0. The first-order chi connectivity index (χ1) is 2.27. The van der Waals surface area contributed by atoms with E-state index in [-0.39, 0.29) is 0 Å². The van der Waals surface area contributed by atoms with Crippen LogP contribution in [-0.2, 0) is 0 Å². The van der Waals surface area contributed by atoms with Crippen LogP contribution in [-0.4, -0.2) is 0 Å². The summed E-state index contributed by atoms with van der Waals surface area (Å²) in [7, 11) is 0. The Labute approximate surface area is 45.1 Å². The fraction of sp³-hybridized carbons (Fsp3) is 0.333. The van der Waals surface area contributed by atoms with Crippen LogP contribution in [0.2, 0.25) is 0 Å². The zero-order valence-corrected chi connectivity index (χ0v) is 4.98. The summed E-state index contributed by atoms with van der Waals surface area (Å²) in [6, 6.07) is 1.93. The van der Waals surface area contributed by atoms with Crippen LogP contribution in [0, 0.1) is 15.3 Å². The molecule has 0 saturated heterocycles. The summed E-state index contributed by atoms with van der Waals surface area (Å²) in [6.45, 7) is 1.76. The van der Waals surface area contributed by atoms with Crippen molar-refractivity contribution >= 4 is 22.6 Å². The van der Waals surface area contributed by atoms with Crippen molar-refractivity contribution in [1.29, 1.82) is 5.26 Å². The molecule has 0 aliphatic heterocycles. The van der Waals surface area contributed by atoms with Crippen LogP contribution in [0.3, 0.4) is 0 Å². The van der Waals surface area contributed by atoms with E-state index >= 15 is 0 Å². The van der Waals surface area contributed by atoms with Gasteiger partial charge in [-0.2, -0.15) is 5.26 Å². The fourth-order valence-corrected chi connectivity index (χ4v) is 0. The second-order valence-corrected chi connectivity index (χ2v) is 2.26. The number of hydrogen-bond acceptors (Lipinski definition) is 1. The molecule has 0 unspecified atom stereocenters. The Morgan fingerprint density at radius 1 is 2.00 bits per heavy atom. The largest absolute Gasteiger partial charge is 0.197 e. The van der Waals surface area contributed by atoms with Gasteiger partial charge in [0.25, 0.3) is 0 Å². The van der Waals surface area contributed by atoms with E-state index in [4.69, 9.17) is 5.26 Å². The van der Waals surface area contributed by atoms with Crippen LogP contribution in [0.15, 0.2) is 0 Å². The van der Waals surface area contributed by atoms with Gasteiger partial charge in [-0.3, -0.25) is 0 Å². The zero-order chi connectivity index (χ0) is 4.28. The summed E-state index contributed by atoms with van der Waals surface area (Å²) in [4.78, 5) is 0. The first-order valence-corrected chi connectivity index (χ1v) is 2.24. The first kappa shape index (κ1) is 5.22. The number of nitrogens with zero attached hydrogens (tertiary/aromatic N) is 1. The van der Waals surface area contributed by atoms with Crippen molar-refractivity contribution in [3.05, 3.63) is 3.92 Å². The second-order valence-electron chi connectivity index (χ2n) is 0.645. The molecular formula is C3H3IN. The first-order valence-electron chi connectivity index (χ1n) is 1.16. The molecule has 0 spiro atoms. The summed E-state index contributed by atoms with van der Waals surface area (Å²) in [5, 5.41) is 7.85. The lowest BCUT2D eigenvalue weighted by Gasteiger charge is -1.71. The summed E-state index contributed by atoms with van der Waals surface area (Å²) < 4.78 is 0.780. The highest BCUT2D eigenvalue weighted by Crippen LogP contribution is 2.03. The van der Waals surface area contributed by atoms with E-state index in [1.54, 1.807) is 6.92 Å². The van der Waals surface area contributed by atoms with Crippen LogP contribution in [0.5, 0.6) is 0 Å². The number of hydrogen-bond donors (Lipinski definition) is 0. The van der Waals surface area contributed by atoms with E-state index < -0.39 is 0 Å². The Morgan fingerprint density at radius 2 is 2.20 bits per heavy atom. The molecule has 0 aromatic rings. The minimum atomic E-state index is 0.780. The quantitative estimate of drug-likeness (QED) is 0.518. The van der Waals surface area contributed by atoms with Gasteiger partial charge in [0, 0.05) is 0 Å². The van der Waals surface area contributed by atoms with Gasteiger partial charge in [-0.1, -0.05) is 22.6 Å². The Bertz CT molecular complexity index is 52.4. The molecule has 27 valence electrons. The predicted molar refractivity (Wildman–Crippen MR) is 28.5 cm³/mol. The molecule has 0 atom stereocenters. The standard InChI is InChI=1S/C3H3IN/c1-3(4)2-5/h1H3. The SMILES string of the molecule is C[C](I)C#N. The van der Waals surface area contributed by atoms with Crippen molar-refractivity contribution < 1.29 is 0 Å². The highest BCUT2D eigenvalue weighted by molar-refractivity contribution is 14.1. The third-order valence-corrected chi connectivity index (χ3v) is 0.395. The fourth-order valence-electron chi connectivity index (χ4n) is 0. The van der Waals surface area contributed by atoms with Crippen molar-refractivity contribution in [1.82, 2.24) is 0 Å². The van der Waals surface area contributed by atoms with Crippen LogP contribution in [0.1, 0.15) is 6.92 Å². The second kappa shape index (κ2) is 2.46. The smallest absolute Gasteiger partial charge is 0.133 e. The minimum absolute atomic E-state index is 0.780. The van der Waals surface area contributed by atoms with E-state index in [0.29, 0.717) is 0 Å². The predicted octanol–water partition coefficient (Wildman–Crippen LogP) is 1.50. The van der Waals surface area contributed by atoms with Gasteiger partial charge >= 0.3 is 0 Å². The van der Waals surface area contributed by atoms with E-state index in [1.807, 2.05) is 28.7 Å². The van der Waals surface area contributed by atoms with E-state index in [9.17, 15) is 0 Å². The number of halogens is 1. The average molecular weight is 180 g/mol. The van der Waals surface area contributed by atoms with Gasteiger partial charge in [0.15, 0.2) is 0 Å². The van der Waals surface area contributed by atoms with Crippen molar-refractivity contribution in [2.45, 2.75) is 6.92 Å². The molecule has 0 aromatic carbocycles. The van der Waals surface area contributed by atoms with Gasteiger partial charge in [-0.25, -0.2) is 0 Å². The molecule has 0 aromatic heterocycles. The van der Waals surface area contributed by atoms with Gasteiger partial charge in [-0.05, 0) is 6.92 Å². The Morgan fingerprint density at radius 3 is 2.20 bits per heavy atom.